The minimum Gasteiger partial charge on any atom is -0.456 e. The van der Waals surface area contributed by atoms with Crippen molar-refractivity contribution in [3.05, 3.63) is 85.9 Å². The van der Waals surface area contributed by atoms with Crippen LogP contribution >= 0.6 is 0 Å². The second kappa shape index (κ2) is 6.88. The Morgan fingerprint density at radius 1 is 1.07 bits per heavy atom. The van der Waals surface area contributed by atoms with Crippen LogP contribution in [-0.2, 0) is 6.54 Å². The van der Waals surface area contributed by atoms with E-state index in [-0.39, 0.29) is 34.5 Å². The van der Waals surface area contributed by atoms with Crippen molar-refractivity contribution in [1.82, 2.24) is 4.57 Å². The van der Waals surface area contributed by atoms with Gasteiger partial charge >= 0.3 is 0 Å². The lowest BCUT2D eigenvalue weighted by Crippen LogP contribution is -2.29. The van der Waals surface area contributed by atoms with Gasteiger partial charge in [0.05, 0.1) is 11.1 Å². The van der Waals surface area contributed by atoms with Crippen LogP contribution in [0.5, 0.6) is 0 Å². The molecule has 152 valence electrons. The monoisotopic (exact) mass is 408 g/mol. The van der Waals surface area contributed by atoms with Crippen LogP contribution in [0.2, 0.25) is 0 Å². The Balaban J connectivity index is 1.93. The fourth-order valence-corrected chi connectivity index (χ4v) is 4.04. The highest BCUT2D eigenvalue weighted by Gasteiger charge is 2.28. The highest BCUT2D eigenvalue weighted by atomic mass is 19.2. The number of nitrogens with zero attached hydrogens (tertiary/aromatic N) is 1. The van der Waals surface area contributed by atoms with E-state index in [2.05, 4.69) is 0 Å². The molecule has 0 aliphatic heterocycles. The first kappa shape index (κ1) is 18.7. The van der Waals surface area contributed by atoms with Crippen LogP contribution in [0.1, 0.15) is 36.4 Å². The van der Waals surface area contributed by atoms with Crippen LogP contribution in [0.25, 0.3) is 27.6 Å². The lowest BCUT2D eigenvalue weighted by Gasteiger charge is -2.28. The molecular weight excluding hydrogens is 390 g/mol. The van der Waals surface area contributed by atoms with Crippen molar-refractivity contribution in [2.45, 2.75) is 31.7 Å². The fourth-order valence-electron chi connectivity index (χ4n) is 4.04. The van der Waals surface area contributed by atoms with Crippen LogP contribution in [0.3, 0.4) is 0 Å². The first-order chi connectivity index (χ1) is 14.5. The molecule has 0 saturated heterocycles. The number of halogens is 2. The number of hydrogen-bond acceptors (Lipinski definition) is 4. The predicted molar refractivity (Wildman–Crippen MR) is 110 cm³/mol. The summed E-state index contributed by atoms with van der Waals surface area (Å²) in [5, 5.41) is 0.0358. The van der Waals surface area contributed by atoms with Gasteiger partial charge in [-0.2, -0.15) is 0 Å². The minimum absolute atomic E-state index is 0.00498. The molecule has 0 unspecified atom stereocenters. The minimum atomic E-state index is -1.13. The first-order valence-electron chi connectivity index (χ1n) is 9.79. The zero-order chi connectivity index (χ0) is 21.0. The number of fused-ring (bicyclic) bond motifs is 2. The Bertz CT molecular complexity index is 1430. The Hall–Kier alpha value is -3.32. The molecule has 0 atom stereocenters. The molecule has 0 spiro atoms. The molecule has 7 heteroatoms. The van der Waals surface area contributed by atoms with Gasteiger partial charge in [-0.1, -0.05) is 18.6 Å². The third kappa shape index (κ3) is 2.69. The zero-order valence-electron chi connectivity index (χ0n) is 16.0. The highest BCUT2D eigenvalue weighted by molar-refractivity contribution is 5.90. The Morgan fingerprint density at radius 2 is 1.87 bits per heavy atom. The molecule has 0 amide bonds. The van der Waals surface area contributed by atoms with Crippen molar-refractivity contribution in [2.75, 3.05) is 0 Å². The maximum Gasteiger partial charge on any atom is 0.270 e. The van der Waals surface area contributed by atoms with E-state index in [1.54, 1.807) is 24.3 Å². The van der Waals surface area contributed by atoms with Crippen LogP contribution < -0.4 is 16.7 Å². The van der Waals surface area contributed by atoms with E-state index >= 15 is 0 Å². The van der Waals surface area contributed by atoms with Gasteiger partial charge in [0.25, 0.3) is 5.56 Å². The molecule has 2 aromatic heterocycles. The van der Waals surface area contributed by atoms with Gasteiger partial charge in [0.15, 0.2) is 11.6 Å². The number of hydrogen-bond donors (Lipinski definition) is 1. The molecule has 1 aliphatic carbocycles. The van der Waals surface area contributed by atoms with Gasteiger partial charge in [-0.15, -0.1) is 0 Å². The van der Waals surface area contributed by atoms with Crippen molar-refractivity contribution >= 4 is 21.9 Å². The van der Waals surface area contributed by atoms with Crippen molar-refractivity contribution in [1.29, 1.82) is 0 Å². The summed E-state index contributed by atoms with van der Waals surface area (Å²) >= 11 is 0. The summed E-state index contributed by atoms with van der Waals surface area (Å²) in [6.45, 7) is 0.229. The molecule has 5 rings (SSSR count). The summed E-state index contributed by atoms with van der Waals surface area (Å²) in [6, 6.07) is 10.3. The Labute approximate surface area is 169 Å². The SMILES string of the molecule is NCc1ccc2oc3cc(C4CCC4)n(-c4cccc(F)c4F)c(=O)c3c(=O)c2c1. The van der Waals surface area contributed by atoms with E-state index in [0.29, 0.717) is 11.3 Å². The van der Waals surface area contributed by atoms with E-state index in [1.807, 2.05) is 0 Å². The van der Waals surface area contributed by atoms with Gasteiger partial charge in [0, 0.05) is 18.3 Å². The third-order valence-electron chi connectivity index (χ3n) is 5.87. The Kier molecular flexibility index (Phi) is 4.29. The molecule has 2 N–H and O–H groups in total. The molecule has 0 radical (unpaired) electrons. The quantitative estimate of drug-likeness (QED) is 0.518. The predicted octanol–water partition coefficient (Wildman–Crippen LogP) is 4.10. The van der Waals surface area contributed by atoms with Gasteiger partial charge in [0.2, 0.25) is 5.43 Å². The molecule has 4 aromatic rings. The maximum atomic E-state index is 14.6. The highest BCUT2D eigenvalue weighted by Crippen LogP contribution is 2.38. The van der Waals surface area contributed by atoms with Gasteiger partial charge in [-0.25, -0.2) is 8.78 Å². The number of aromatic nitrogens is 1. The van der Waals surface area contributed by atoms with Gasteiger partial charge in [-0.05, 0) is 48.6 Å². The summed E-state index contributed by atoms with van der Waals surface area (Å²) in [4.78, 5) is 26.7. The molecule has 30 heavy (non-hydrogen) atoms. The smallest absolute Gasteiger partial charge is 0.270 e. The molecule has 1 aliphatic rings. The molecular formula is C23H18F2N2O3. The van der Waals surface area contributed by atoms with E-state index < -0.39 is 22.6 Å². The number of nitrogens with two attached hydrogens (primary N) is 1. The molecule has 1 fully saturated rings. The number of pyridine rings is 1. The van der Waals surface area contributed by atoms with Gasteiger partial charge < -0.3 is 10.2 Å². The lowest BCUT2D eigenvalue weighted by atomic mass is 9.82. The molecule has 5 nitrogen and oxygen atoms in total. The van der Waals surface area contributed by atoms with E-state index in [4.69, 9.17) is 10.2 Å². The van der Waals surface area contributed by atoms with Gasteiger partial charge in [-0.3, -0.25) is 14.2 Å². The second-order valence-corrected chi connectivity index (χ2v) is 7.62. The molecule has 0 bridgehead atoms. The third-order valence-corrected chi connectivity index (χ3v) is 5.87. The first-order valence-corrected chi connectivity index (χ1v) is 9.79. The average Bonchev–Trinajstić information content (AvgIpc) is 2.69. The maximum absolute atomic E-state index is 14.6. The molecule has 1 saturated carbocycles. The summed E-state index contributed by atoms with van der Waals surface area (Å²) in [5.74, 6) is -2.18. The zero-order valence-corrected chi connectivity index (χ0v) is 16.0. The van der Waals surface area contributed by atoms with E-state index in [9.17, 15) is 18.4 Å². The van der Waals surface area contributed by atoms with Crippen molar-refractivity contribution in [3.63, 3.8) is 0 Å². The largest absolute Gasteiger partial charge is 0.456 e. The number of benzene rings is 2. The van der Waals surface area contributed by atoms with Crippen LogP contribution in [-0.4, -0.2) is 4.57 Å². The summed E-state index contributed by atoms with van der Waals surface area (Å²) < 4.78 is 35.6. The van der Waals surface area contributed by atoms with Crippen LogP contribution in [0.15, 0.2) is 56.5 Å². The van der Waals surface area contributed by atoms with Crippen LogP contribution in [0.4, 0.5) is 8.78 Å². The standard InChI is InChI=1S/C23H18F2N2O3/c24-15-5-2-6-16(21(15)25)27-17(13-3-1-4-13)10-19-20(23(27)29)22(28)14-9-12(11-26)7-8-18(14)30-19/h2,5-10,13H,1,3-4,11,26H2. The Morgan fingerprint density at radius 3 is 2.57 bits per heavy atom. The topological polar surface area (TPSA) is 78.2 Å². The van der Waals surface area contributed by atoms with Gasteiger partial charge in [0.1, 0.15) is 16.6 Å². The normalized spacial score (nSPS) is 14.4. The van der Waals surface area contributed by atoms with Crippen molar-refractivity contribution < 1.29 is 13.2 Å². The average molecular weight is 408 g/mol. The summed E-state index contributed by atoms with van der Waals surface area (Å²) in [7, 11) is 0. The fraction of sp³-hybridized carbons (Fsp3) is 0.217. The van der Waals surface area contributed by atoms with E-state index in [0.717, 1.165) is 35.5 Å². The van der Waals surface area contributed by atoms with E-state index in [1.165, 1.54) is 12.1 Å². The summed E-state index contributed by atoms with van der Waals surface area (Å²) in [5.41, 5.74) is 5.95. The summed E-state index contributed by atoms with van der Waals surface area (Å²) in [6.07, 6.45) is 2.62. The molecule has 2 aromatic carbocycles. The van der Waals surface area contributed by atoms with Crippen molar-refractivity contribution in [2.24, 2.45) is 5.73 Å². The molecule has 2 heterocycles. The van der Waals surface area contributed by atoms with Crippen molar-refractivity contribution in [3.8, 4) is 5.69 Å². The lowest BCUT2D eigenvalue weighted by molar-refractivity contribution is 0.402. The number of rotatable bonds is 3. The van der Waals surface area contributed by atoms with Crippen LogP contribution in [0, 0.1) is 11.6 Å². The second-order valence-electron chi connectivity index (χ2n) is 7.62.